The van der Waals surface area contributed by atoms with Gasteiger partial charge in [0.25, 0.3) is 0 Å². The third-order valence-electron chi connectivity index (χ3n) is 3.38. The zero-order valence-corrected chi connectivity index (χ0v) is 10.0. The third kappa shape index (κ3) is 1.69. The first-order valence-electron chi connectivity index (χ1n) is 5.83. The van der Waals surface area contributed by atoms with E-state index >= 15 is 0 Å². The maximum Gasteiger partial charge on any atom is 0.166 e. The molecule has 0 bridgehead atoms. The Morgan fingerprint density at radius 2 is 2.05 bits per heavy atom. The molecule has 2 aromatic rings. The van der Waals surface area contributed by atoms with E-state index in [1.165, 1.54) is 12.7 Å². The average Bonchev–Trinajstić information content (AvgIpc) is 2.94. The summed E-state index contributed by atoms with van der Waals surface area (Å²) in [4.78, 5) is 12.1. The van der Waals surface area contributed by atoms with Gasteiger partial charge in [-0.2, -0.15) is 0 Å². The van der Waals surface area contributed by atoms with Gasteiger partial charge in [-0.25, -0.2) is 15.0 Å². The Morgan fingerprint density at radius 3 is 2.74 bits per heavy atom. The standard InChI is InChI=1S/C11H14N6O2/c12-2-5-1-6(9(19)8(5)18)17-4-16-7-10(13)14-3-15-11(7)17/h1,3-4,6,8-9,18-19H,2,12H2,(H2,13,14,15)/t6-,8+,9-/m1/s1. The van der Waals surface area contributed by atoms with Gasteiger partial charge in [0.1, 0.15) is 24.1 Å². The summed E-state index contributed by atoms with van der Waals surface area (Å²) in [7, 11) is 0. The summed E-state index contributed by atoms with van der Waals surface area (Å²) >= 11 is 0. The summed E-state index contributed by atoms with van der Waals surface area (Å²) in [5.41, 5.74) is 12.8. The molecule has 0 saturated carbocycles. The lowest BCUT2D eigenvalue weighted by Gasteiger charge is -2.18. The lowest BCUT2D eigenvalue weighted by Crippen LogP contribution is -2.30. The van der Waals surface area contributed by atoms with Crippen molar-refractivity contribution in [1.29, 1.82) is 0 Å². The van der Waals surface area contributed by atoms with Gasteiger partial charge in [-0.3, -0.25) is 0 Å². The molecular weight excluding hydrogens is 248 g/mol. The van der Waals surface area contributed by atoms with Crippen LogP contribution in [0.25, 0.3) is 11.2 Å². The number of nitrogens with two attached hydrogens (primary N) is 2. The van der Waals surface area contributed by atoms with E-state index in [-0.39, 0.29) is 12.4 Å². The van der Waals surface area contributed by atoms with Crippen LogP contribution in [-0.4, -0.2) is 48.5 Å². The van der Waals surface area contributed by atoms with Crippen LogP contribution in [0.1, 0.15) is 6.04 Å². The van der Waals surface area contributed by atoms with Gasteiger partial charge in [-0.15, -0.1) is 0 Å². The predicted molar refractivity (Wildman–Crippen MR) is 67.9 cm³/mol. The summed E-state index contributed by atoms with van der Waals surface area (Å²) in [5.74, 6) is 0.278. The Morgan fingerprint density at radius 1 is 1.26 bits per heavy atom. The minimum atomic E-state index is -0.980. The SMILES string of the molecule is NCC1=C[C@@H](n2cnc3c(N)ncnc32)[C@@H](O)[C@H]1O. The Bertz CT molecular complexity index is 652. The smallest absolute Gasteiger partial charge is 0.166 e. The van der Waals surface area contributed by atoms with Crippen molar-refractivity contribution in [3.05, 3.63) is 24.3 Å². The number of rotatable bonds is 2. The molecule has 8 nitrogen and oxygen atoms in total. The Hall–Kier alpha value is -2.03. The third-order valence-corrected chi connectivity index (χ3v) is 3.38. The number of nitrogens with zero attached hydrogens (tertiary/aromatic N) is 4. The van der Waals surface area contributed by atoms with Crippen molar-refractivity contribution in [3.63, 3.8) is 0 Å². The van der Waals surface area contributed by atoms with Crippen LogP contribution in [0, 0.1) is 0 Å². The molecule has 0 radical (unpaired) electrons. The highest BCUT2D eigenvalue weighted by molar-refractivity contribution is 5.81. The number of aliphatic hydroxyl groups excluding tert-OH is 2. The van der Waals surface area contributed by atoms with Gasteiger partial charge in [0.15, 0.2) is 11.5 Å². The molecule has 8 heteroatoms. The number of fused-ring (bicyclic) bond motifs is 1. The van der Waals surface area contributed by atoms with Crippen LogP contribution >= 0.6 is 0 Å². The fourth-order valence-electron chi connectivity index (χ4n) is 2.34. The highest BCUT2D eigenvalue weighted by Gasteiger charge is 2.35. The van der Waals surface area contributed by atoms with Crippen LogP contribution in [-0.2, 0) is 0 Å². The van der Waals surface area contributed by atoms with Crippen molar-refractivity contribution >= 4 is 17.0 Å². The van der Waals surface area contributed by atoms with Crippen molar-refractivity contribution in [2.24, 2.45) is 5.73 Å². The maximum absolute atomic E-state index is 10.1. The monoisotopic (exact) mass is 262 g/mol. The van der Waals surface area contributed by atoms with Crippen LogP contribution in [0.2, 0.25) is 0 Å². The molecule has 0 aliphatic heterocycles. The second-order valence-electron chi connectivity index (χ2n) is 4.45. The number of nitrogen functional groups attached to an aromatic ring is 1. The Balaban J connectivity index is 2.11. The number of imidazole rings is 1. The minimum absolute atomic E-state index is 0.193. The fraction of sp³-hybridized carbons (Fsp3) is 0.364. The minimum Gasteiger partial charge on any atom is -0.388 e. The first-order chi connectivity index (χ1) is 9.13. The van der Waals surface area contributed by atoms with E-state index in [0.717, 1.165) is 0 Å². The van der Waals surface area contributed by atoms with Crippen LogP contribution < -0.4 is 11.5 Å². The Labute approximate surface area is 108 Å². The second kappa shape index (κ2) is 4.26. The Kier molecular flexibility index (Phi) is 2.70. The normalized spacial score (nSPS) is 26.9. The van der Waals surface area contributed by atoms with Gasteiger partial charge in [0.05, 0.1) is 12.4 Å². The zero-order valence-electron chi connectivity index (χ0n) is 10.0. The molecule has 3 atom stereocenters. The van der Waals surface area contributed by atoms with E-state index in [0.29, 0.717) is 16.7 Å². The van der Waals surface area contributed by atoms with Gasteiger partial charge >= 0.3 is 0 Å². The molecule has 0 fully saturated rings. The van der Waals surface area contributed by atoms with Gasteiger partial charge in [0, 0.05) is 6.54 Å². The number of hydrogen-bond acceptors (Lipinski definition) is 7. The van der Waals surface area contributed by atoms with E-state index in [4.69, 9.17) is 11.5 Å². The van der Waals surface area contributed by atoms with Crippen molar-refractivity contribution in [3.8, 4) is 0 Å². The largest absolute Gasteiger partial charge is 0.388 e. The highest BCUT2D eigenvalue weighted by Crippen LogP contribution is 2.31. The molecule has 0 saturated heterocycles. The van der Waals surface area contributed by atoms with E-state index in [1.54, 1.807) is 10.6 Å². The quantitative estimate of drug-likeness (QED) is 0.487. The van der Waals surface area contributed by atoms with Gasteiger partial charge in [-0.1, -0.05) is 6.08 Å². The van der Waals surface area contributed by atoms with Crippen molar-refractivity contribution in [2.75, 3.05) is 12.3 Å². The molecule has 0 unspecified atom stereocenters. The van der Waals surface area contributed by atoms with Crippen molar-refractivity contribution in [1.82, 2.24) is 19.5 Å². The van der Waals surface area contributed by atoms with Gasteiger partial charge in [0.2, 0.25) is 0 Å². The topological polar surface area (TPSA) is 136 Å². The van der Waals surface area contributed by atoms with E-state index in [1.807, 2.05) is 0 Å². The fourth-order valence-corrected chi connectivity index (χ4v) is 2.34. The number of hydrogen-bond donors (Lipinski definition) is 4. The number of anilines is 1. The van der Waals surface area contributed by atoms with E-state index < -0.39 is 18.2 Å². The van der Waals surface area contributed by atoms with Crippen LogP contribution in [0.15, 0.2) is 24.3 Å². The predicted octanol–water partition coefficient (Wildman–Crippen LogP) is -1.43. The first kappa shape index (κ1) is 12.0. The summed E-state index contributed by atoms with van der Waals surface area (Å²) in [6, 6.07) is -0.465. The van der Waals surface area contributed by atoms with Crippen LogP contribution in [0.5, 0.6) is 0 Å². The number of aliphatic hydroxyl groups is 2. The molecule has 1 aliphatic carbocycles. The van der Waals surface area contributed by atoms with Crippen molar-refractivity contribution < 1.29 is 10.2 Å². The molecule has 2 heterocycles. The molecule has 0 spiro atoms. The molecule has 3 rings (SSSR count). The molecule has 0 aromatic carbocycles. The zero-order chi connectivity index (χ0) is 13.6. The summed E-state index contributed by atoms with van der Waals surface area (Å²) in [5, 5.41) is 19.9. The molecule has 1 aliphatic rings. The maximum atomic E-state index is 10.1. The van der Waals surface area contributed by atoms with Gasteiger partial charge < -0.3 is 26.2 Å². The van der Waals surface area contributed by atoms with E-state index in [9.17, 15) is 10.2 Å². The average molecular weight is 262 g/mol. The number of aromatic nitrogens is 4. The summed E-state index contributed by atoms with van der Waals surface area (Å²) in [6.45, 7) is 0.193. The molecule has 2 aromatic heterocycles. The molecular formula is C11H14N6O2. The van der Waals surface area contributed by atoms with Gasteiger partial charge in [-0.05, 0) is 5.57 Å². The summed E-state index contributed by atoms with van der Waals surface area (Å²) in [6.07, 6.45) is 2.64. The molecule has 100 valence electrons. The van der Waals surface area contributed by atoms with Crippen LogP contribution in [0.4, 0.5) is 5.82 Å². The van der Waals surface area contributed by atoms with E-state index in [2.05, 4.69) is 15.0 Å². The second-order valence-corrected chi connectivity index (χ2v) is 4.45. The molecule has 19 heavy (non-hydrogen) atoms. The lowest BCUT2D eigenvalue weighted by molar-refractivity contribution is 0.0324. The van der Waals surface area contributed by atoms with Crippen molar-refractivity contribution in [2.45, 2.75) is 18.2 Å². The summed E-state index contributed by atoms with van der Waals surface area (Å²) < 4.78 is 1.66. The highest BCUT2D eigenvalue weighted by atomic mass is 16.3. The van der Waals surface area contributed by atoms with Crippen LogP contribution in [0.3, 0.4) is 0 Å². The first-order valence-corrected chi connectivity index (χ1v) is 5.83. The molecule has 6 N–H and O–H groups in total. The molecule has 0 amide bonds. The lowest BCUT2D eigenvalue weighted by atomic mass is 10.1.